The lowest BCUT2D eigenvalue weighted by Crippen LogP contribution is -2.08. The van der Waals surface area contributed by atoms with Crippen LogP contribution in [0.4, 0.5) is 13.2 Å². The first-order valence-electron chi connectivity index (χ1n) is 3.87. The van der Waals surface area contributed by atoms with Crippen LogP contribution < -0.4 is 0 Å². The van der Waals surface area contributed by atoms with Gasteiger partial charge in [0.2, 0.25) is 0 Å². The van der Waals surface area contributed by atoms with E-state index >= 15 is 0 Å². The molecular formula is C8H5F3N2O2S. The summed E-state index contributed by atoms with van der Waals surface area (Å²) in [5.41, 5.74) is 7.15. The van der Waals surface area contributed by atoms with Crippen LogP contribution in [0.5, 0.6) is 0 Å². The minimum Gasteiger partial charge on any atom is -0.361 e. The average molecular weight is 250 g/mol. The largest absolute Gasteiger partial charge is 0.416 e. The molecule has 1 rings (SSSR count). The van der Waals surface area contributed by atoms with E-state index in [1.807, 2.05) is 0 Å². The number of rotatable bonds is 2. The van der Waals surface area contributed by atoms with Crippen molar-refractivity contribution < 1.29 is 26.4 Å². The van der Waals surface area contributed by atoms with E-state index in [1.54, 1.807) is 0 Å². The van der Waals surface area contributed by atoms with Crippen LogP contribution in [-0.2, 0) is 16.0 Å². The Kier molecular flexibility index (Phi) is 3.16. The van der Waals surface area contributed by atoms with Crippen molar-refractivity contribution in [2.45, 2.75) is 11.1 Å². The zero-order valence-electron chi connectivity index (χ0n) is 7.64. The third-order valence-electron chi connectivity index (χ3n) is 1.68. The number of hydrogen-bond donors (Lipinski definition) is 0. The molecular weight excluding hydrogens is 245 g/mol. The summed E-state index contributed by atoms with van der Waals surface area (Å²) in [6.45, 7) is 0. The van der Waals surface area contributed by atoms with E-state index < -0.39 is 26.5 Å². The first-order chi connectivity index (χ1) is 7.27. The first-order valence-corrected chi connectivity index (χ1v) is 5.42. The lowest BCUT2D eigenvalue weighted by Gasteiger charge is -2.06. The summed E-state index contributed by atoms with van der Waals surface area (Å²) in [6.07, 6.45) is -4.62. The minimum absolute atomic E-state index is 0.169. The van der Waals surface area contributed by atoms with Crippen LogP contribution in [-0.4, -0.2) is 18.8 Å². The highest BCUT2D eigenvalue weighted by atomic mass is 32.2. The lowest BCUT2D eigenvalue weighted by molar-refractivity contribution is -0.137. The van der Waals surface area contributed by atoms with Crippen molar-refractivity contribution in [1.82, 2.24) is 0 Å². The molecule has 1 aromatic rings. The maximum absolute atomic E-state index is 12.3. The van der Waals surface area contributed by atoms with Gasteiger partial charge in [-0.3, -0.25) is 0 Å². The zero-order valence-corrected chi connectivity index (χ0v) is 8.46. The summed E-state index contributed by atoms with van der Waals surface area (Å²) in [5.74, 6) is 0. The van der Waals surface area contributed by atoms with E-state index in [-0.39, 0.29) is 5.55 Å². The average Bonchev–Trinajstić information content (AvgIpc) is 2.16. The molecule has 0 saturated heterocycles. The highest BCUT2D eigenvalue weighted by molar-refractivity contribution is 8.04. The van der Waals surface area contributed by atoms with Gasteiger partial charge in [-0.1, -0.05) is 6.07 Å². The van der Waals surface area contributed by atoms with Gasteiger partial charge >= 0.3 is 11.7 Å². The molecule has 0 heterocycles. The maximum Gasteiger partial charge on any atom is 0.416 e. The van der Waals surface area contributed by atoms with Gasteiger partial charge < -0.3 is 5.53 Å². The van der Waals surface area contributed by atoms with Crippen molar-refractivity contribution in [2.24, 2.45) is 0 Å². The van der Waals surface area contributed by atoms with Gasteiger partial charge in [0.25, 0.3) is 9.84 Å². The van der Waals surface area contributed by atoms with Crippen LogP contribution in [0.3, 0.4) is 0 Å². The van der Waals surface area contributed by atoms with Gasteiger partial charge in [-0.05, 0) is 18.2 Å². The summed E-state index contributed by atoms with van der Waals surface area (Å²) in [7, 11) is -4.13. The highest BCUT2D eigenvalue weighted by Gasteiger charge is 2.31. The number of nitrogens with zero attached hydrogens (tertiary/aromatic N) is 2. The lowest BCUT2D eigenvalue weighted by atomic mass is 10.2. The number of benzene rings is 1. The Bertz CT molecular complexity index is 545. The van der Waals surface area contributed by atoms with E-state index in [4.69, 9.17) is 5.53 Å². The van der Waals surface area contributed by atoms with Crippen molar-refractivity contribution in [3.05, 3.63) is 35.4 Å². The van der Waals surface area contributed by atoms with Gasteiger partial charge in [0.1, 0.15) is 0 Å². The second-order valence-electron chi connectivity index (χ2n) is 2.79. The van der Waals surface area contributed by atoms with Gasteiger partial charge in [0.15, 0.2) is 0 Å². The molecule has 0 amide bonds. The molecule has 16 heavy (non-hydrogen) atoms. The van der Waals surface area contributed by atoms with Gasteiger partial charge in [-0.2, -0.15) is 18.0 Å². The number of hydrogen-bond acceptors (Lipinski definition) is 2. The number of halogens is 3. The summed E-state index contributed by atoms with van der Waals surface area (Å²) < 4.78 is 59.3. The minimum atomic E-state index is -4.62. The molecule has 8 heteroatoms. The molecule has 0 spiro atoms. The number of alkyl halides is 3. The van der Waals surface area contributed by atoms with Crippen LogP contribution in [0.2, 0.25) is 0 Å². The van der Waals surface area contributed by atoms with Crippen LogP contribution in [0, 0.1) is 0 Å². The quantitative estimate of drug-likeness (QED) is 0.347. The molecule has 0 aromatic heterocycles. The Morgan fingerprint density at radius 1 is 1.31 bits per heavy atom. The fourth-order valence-corrected chi connectivity index (χ4v) is 1.78. The Morgan fingerprint density at radius 3 is 2.44 bits per heavy atom. The van der Waals surface area contributed by atoms with Crippen molar-refractivity contribution in [1.29, 1.82) is 0 Å². The molecule has 86 valence electrons. The van der Waals surface area contributed by atoms with Gasteiger partial charge in [-0.15, -0.1) is 0 Å². The highest BCUT2D eigenvalue weighted by Crippen LogP contribution is 2.30. The Morgan fingerprint density at radius 2 is 1.94 bits per heavy atom. The molecule has 0 unspecified atom stereocenters. The summed E-state index contributed by atoms with van der Waals surface area (Å²) >= 11 is 0. The van der Waals surface area contributed by atoms with Gasteiger partial charge in [0.05, 0.1) is 10.5 Å². The standard InChI is InChI=1S/C8H5F3N2O2S/c9-8(10,11)6-2-1-3-7(4-6)16(14,15)5-13-12/h1-5H. The van der Waals surface area contributed by atoms with Crippen LogP contribution in [0.15, 0.2) is 29.2 Å². The van der Waals surface area contributed by atoms with Crippen LogP contribution in [0.25, 0.3) is 5.53 Å². The van der Waals surface area contributed by atoms with Crippen LogP contribution in [0.1, 0.15) is 5.56 Å². The molecule has 0 fully saturated rings. The first kappa shape index (κ1) is 12.4. The Labute approximate surface area is 88.9 Å². The van der Waals surface area contributed by atoms with E-state index in [2.05, 4.69) is 4.79 Å². The normalized spacial score (nSPS) is 11.9. The summed E-state index contributed by atoms with van der Waals surface area (Å²) in [5, 5.41) is 0. The maximum atomic E-state index is 12.3. The smallest absolute Gasteiger partial charge is 0.361 e. The molecule has 0 aliphatic heterocycles. The molecule has 0 radical (unpaired) electrons. The third kappa shape index (κ3) is 2.68. The molecule has 0 aliphatic carbocycles. The topological polar surface area (TPSA) is 70.5 Å². The molecule has 0 aliphatic rings. The van der Waals surface area contributed by atoms with Crippen molar-refractivity contribution in [2.75, 3.05) is 0 Å². The molecule has 0 bridgehead atoms. The fraction of sp³-hybridized carbons (Fsp3) is 0.125. The van der Waals surface area contributed by atoms with Crippen molar-refractivity contribution in [3.8, 4) is 0 Å². The molecule has 0 N–H and O–H groups in total. The van der Waals surface area contributed by atoms with Crippen LogP contribution >= 0.6 is 0 Å². The number of sulfone groups is 1. The molecule has 0 saturated carbocycles. The Hall–Kier alpha value is -1.66. The van der Waals surface area contributed by atoms with E-state index in [1.165, 1.54) is 0 Å². The second kappa shape index (κ2) is 4.07. The second-order valence-corrected chi connectivity index (χ2v) is 4.56. The Balaban J connectivity index is 3.35. The summed E-state index contributed by atoms with van der Waals surface area (Å²) in [4.78, 5) is 1.70. The van der Waals surface area contributed by atoms with E-state index in [9.17, 15) is 21.6 Å². The molecule has 4 nitrogen and oxygen atoms in total. The molecule has 0 atom stereocenters. The van der Waals surface area contributed by atoms with E-state index in [0.29, 0.717) is 6.07 Å². The van der Waals surface area contributed by atoms with Gasteiger partial charge in [0, 0.05) is 0 Å². The monoisotopic (exact) mass is 250 g/mol. The fourth-order valence-electron chi connectivity index (χ4n) is 0.972. The predicted octanol–water partition coefficient (Wildman–Crippen LogP) is 1.74. The molecule has 1 aromatic carbocycles. The zero-order chi connectivity index (χ0) is 12.4. The third-order valence-corrected chi connectivity index (χ3v) is 2.96. The SMILES string of the molecule is [N-]=[N+]=CS(=O)(=O)c1cccc(C(F)(F)F)c1. The van der Waals surface area contributed by atoms with Crippen molar-refractivity contribution in [3.63, 3.8) is 0 Å². The summed E-state index contributed by atoms with van der Waals surface area (Å²) in [6, 6.07) is 3.15. The van der Waals surface area contributed by atoms with Crippen molar-refractivity contribution >= 4 is 15.4 Å². The predicted molar refractivity (Wildman–Crippen MR) is 48.3 cm³/mol. The van der Waals surface area contributed by atoms with Gasteiger partial charge in [-0.25, -0.2) is 8.42 Å². The van der Waals surface area contributed by atoms with E-state index in [0.717, 1.165) is 18.2 Å².